The van der Waals surface area contributed by atoms with Gasteiger partial charge in [0.2, 0.25) is 0 Å². The molecule has 0 fully saturated rings. The van der Waals surface area contributed by atoms with Crippen molar-refractivity contribution in [3.05, 3.63) is 48.6 Å². The van der Waals surface area contributed by atoms with Crippen LogP contribution in [0.15, 0.2) is 48.6 Å². The van der Waals surface area contributed by atoms with Gasteiger partial charge in [0, 0.05) is 11.8 Å². The van der Waals surface area contributed by atoms with Crippen LogP contribution in [0.25, 0.3) is 0 Å². The van der Waals surface area contributed by atoms with Crippen LogP contribution in [-0.4, -0.2) is 22.4 Å². The topological polar surface area (TPSA) is 40.5 Å². The van der Waals surface area contributed by atoms with Crippen molar-refractivity contribution < 1.29 is 10.2 Å². The Labute approximate surface area is 124 Å². The lowest BCUT2D eigenvalue weighted by Gasteiger charge is -2.29. The molecule has 114 valence electrons. The zero-order valence-corrected chi connectivity index (χ0v) is 13.2. The van der Waals surface area contributed by atoms with E-state index in [1.165, 1.54) is 0 Å². The van der Waals surface area contributed by atoms with E-state index in [9.17, 15) is 10.2 Å². The van der Waals surface area contributed by atoms with Gasteiger partial charge in [0.15, 0.2) is 0 Å². The maximum Gasteiger partial charge on any atom is 0.0693 e. The third-order valence-corrected chi connectivity index (χ3v) is 3.39. The maximum atomic E-state index is 10.6. The number of allylic oxidation sites excluding steroid dienone is 5. The monoisotopic (exact) mass is 278 g/mol. The van der Waals surface area contributed by atoms with Crippen molar-refractivity contribution in [2.24, 2.45) is 11.8 Å². The van der Waals surface area contributed by atoms with Gasteiger partial charge in [-0.05, 0) is 40.5 Å². The molecule has 0 aliphatic carbocycles. The number of hydrogen-bond donors (Lipinski definition) is 2. The van der Waals surface area contributed by atoms with Crippen molar-refractivity contribution in [1.82, 2.24) is 0 Å². The molecule has 0 aromatic rings. The quantitative estimate of drug-likeness (QED) is 0.625. The molecule has 0 aliphatic heterocycles. The number of rotatable bonds is 9. The van der Waals surface area contributed by atoms with Gasteiger partial charge in [0.1, 0.15) is 0 Å². The lowest BCUT2D eigenvalue weighted by atomic mass is 9.83. The highest BCUT2D eigenvalue weighted by molar-refractivity contribution is 5.03. The van der Waals surface area contributed by atoms with Crippen LogP contribution in [0.3, 0.4) is 0 Å². The molecular weight excluding hydrogens is 248 g/mol. The molecule has 4 unspecified atom stereocenters. The fourth-order valence-electron chi connectivity index (χ4n) is 2.28. The van der Waals surface area contributed by atoms with E-state index < -0.39 is 12.2 Å². The molecule has 0 amide bonds. The van der Waals surface area contributed by atoms with Crippen LogP contribution in [0.4, 0.5) is 0 Å². The van der Waals surface area contributed by atoms with E-state index in [4.69, 9.17) is 0 Å². The summed E-state index contributed by atoms with van der Waals surface area (Å²) in [6.45, 7) is 7.78. The van der Waals surface area contributed by atoms with Crippen LogP contribution in [0.2, 0.25) is 0 Å². The minimum atomic E-state index is -0.584. The van der Waals surface area contributed by atoms with Crippen molar-refractivity contribution in [3.63, 3.8) is 0 Å². The summed E-state index contributed by atoms with van der Waals surface area (Å²) in [7, 11) is 0. The molecule has 0 radical (unpaired) electrons. The molecule has 0 rings (SSSR count). The zero-order chi connectivity index (χ0) is 15.4. The fourth-order valence-corrected chi connectivity index (χ4v) is 2.28. The highest BCUT2D eigenvalue weighted by Gasteiger charge is 2.28. The summed E-state index contributed by atoms with van der Waals surface area (Å²) in [5, 5.41) is 20.9. The molecule has 0 spiro atoms. The molecule has 2 heteroatoms. The minimum Gasteiger partial charge on any atom is -0.392 e. The summed E-state index contributed by atoms with van der Waals surface area (Å²) in [6.07, 6.45) is 15.9. The standard InChI is InChI=1S/C18H30O2/c1-5-9-13-15(11-7-3)18(20)16(12-8-4)17(19)14-10-6-2/h5-12,15-20H,13-14H2,1-4H3. The third kappa shape index (κ3) is 6.88. The summed E-state index contributed by atoms with van der Waals surface area (Å²) >= 11 is 0. The molecule has 0 heterocycles. The van der Waals surface area contributed by atoms with Crippen molar-refractivity contribution in [3.8, 4) is 0 Å². The Morgan fingerprint density at radius 2 is 1.30 bits per heavy atom. The Morgan fingerprint density at radius 1 is 0.750 bits per heavy atom. The summed E-state index contributed by atoms with van der Waals surface area (Å²) in [6, 6.07) is 0. The Bertz CT molecular complexity index is 339. The molecule has 0 aliphatic rings. The highest BCUT2D eigenvalue weighted by atomic mass is 16.3. The Morgan fingerprint density at radius 3 is 1.80 bits per heavy atom. The largest absolute Gasteiger partial charge is 0.392 e. The molecule has 0 aromatic heterocycles. The van der Waals surface area contributed by atoms with Gasteiger partial charge in [-0.2, -0.15) is 0 Å². The van der Waals surface area contributed by atoms with Crippen LogP contribution in [-0.2, 0) is 0 Å². The van der Waals surface area contributed by atoms with Gasteiger partial charge >= 0.3 is 0 Å². The van der Waals surface area contributed by atoms with Crippen molar-refractivity contribution in [2.75, 3.05) is 0 Å². The second-order valence-corrected chi connectivity index (χ2v) is 4.96. The van der Waals surface area contributed by atoms with Gasteiger partial charge in [0.05, 0.1) is 12.2 Å². The molecule has 0 bridgehead atoms. The first-order valence-corrected chi connectivity index (χ1v) is 7.46. The van der Waals surface area contributed by atoms with Crippen molar-refractivity contribution >= 4 is 0 Å². The van der Waals surface area contributed by atoms with Crippen molar-refractivity contribution in [2.45, 2.75) is 52.7 Å². The minimum absolute atomic E-state index is 0.0256. The first-order valence-electron chi connectivity index (χ1n) is 7.46. The smallest absolute Gasteiger partial charge is 0.0693 e. The SMILES string of the molecule is CC=CCC(O)C(C=CC)C(O)C(C=CC)CC=CC. The summed E-state index contributed by atoms with van der Waals surface area (Å²) in [5.41, 5.74) is 0. The van der Waals surface area contributed by atoms with E-state index >= 15 is 0 Å². The lowest BCUT2D eigenvalue weighted by molar-refractivity contribution is 0.0164. The Balaban J connectivity index is 5.01. The Kier molecular flexibility index (Phi) is 11.0. The number of aliphatic hydroxyl groups excluding tert-OH is 2. The van der Waals surface area contributed by atoms with Gasteiger partial charge in [-0.25, -0.2) is 0 Å². The normalized spacial score (nSPS) is 19.3. The highest BCUT2D eigenvalue weighted by Crippen LogP contribution is 2.24. The van der Waals surface area contributed by atoms with Gasteiger partial charge in [0.25, 0.3) is 0 Å². The fraction of sp³-hybridized carbons (Fsp3) is 0.556. The van der Waals surface area contributed by atoms with Crippen LogP contribution in [0, 0.1) is 11.8 Å². The molecule has 20 heavy (non-hydrogen) atoms. The van der Waals surface area contributed by atoms with Gasteiger partial charge in [-0.1, -0.05) is 48.6 Å². The van der Waals surface area contributed by atoms with E-state index in [0.29, 0.717) is 6.42 Å². The van der Waals surface area contributed by atoms with E-state index in [1.54, 1.807) is 0 Å². The van der Waals surface area contributed by atoms with Gasteiger partial charge < -0.3 is 10.2 Å². The van der Waals surface area contributed by atoms with E-state index in [2.05, 4.69) is 6.08 Å². The summed E-state index contributed by atoms with van der Waals surface area (Å²) < 4.78 is 0. The molecule has 0 saturated heterocycles. The van der Waals surface area contributed by atoms with Crippen LogP contribution >= 0.6 is 0 Å². The lowest BCUT2D eigenvalue weighted by Crippen LogP contribution is -2.35. The maximum absolute atomic E-state index is 10.6. The molecule has 0 aromatic carbocycles. The molecular formula is C18H30O2. The summed E-state index contributed by atoms with van der Waals surface area (Å²) in [4.78, 5) is 0. The second kappa shape index (κ2) is 11.7. The second-order valence-electron chi connectivity index (χ2n) is 4.96. The van der Waals surface area contributed by atoms with E-state index in [-0.39, 0.29) is 11.8 Å². The van der Waals surface area contributed by atoms with Crippen LogP contribution < -0.4 is 0 Å². The summed E-state index contributed by atoms with van der Waals surface area (Å²) in [5.74, 6) is -0.222. The van der Waals surface area contributed by atoms with E-state index in [0.717, 1.165) is 6.42 Å². The zero-order valence-electron chi connectivity index (χ0n) is 13.2. The molecule has 0 saturated carbocycles. The first kappa shape index (κ1) is 18.9. The molecule has 2 N–H and O–H groups in total. The molecule has 2 nitrogen and oxygen atoms in total. The van der Waals surface area contributed by atoms with E-state index in [1.807, 2.05) is 70.2 Å². The first-order chi connectivity index (χ1) is 9.62. The van der Waals surface area contributed by atoms with Gasteiger partial charge in [-0.3, -0.25) is 0 Å². The third-order valence-electron chi connectivity index (χ3n) is 3.39. The van der Waals surface area contributed by atoms with Crippen molar-refractivity contribution in [1.29, 1.82) is 0 Å². The predicted molar refractivity (Wildman–Crippen MR) is 87.5 cm³/mol. The number of aliphatic hydroxyl groups is 2. The van der Waals surface area contributed by atoms with Crippen LogP contribution in [0.1, 0.15) is 40.5 Å². The Hall–Kier alpha value is -1.12. The number of hydrogen-bond acceptors (Lipinski definition) is 2. The predicted octanol–water partition coefficient (Wildman–Crippen LogP) is 4.03. The van der Waals surface area contributed by atoms with Crippen LogP contribution in [0.5, 0.6) is 0 Å². The average molecular weight is 278 g/mol. The van der Waals surface area contributed by atoms with Gasteiger partial charge in [-0.15, -0.1) is 0 Å². The molecule has 4 atom stereocenters. The average Bonchev–Trinajstić information content (AvgIpc) is 2.45.